The second-order valence-electron chi connectivity index (χ2n) is 3.43. The van der Waals surface area contributed by atoms with Gasteiger partial charge in [-0.05, 0) is 24.8 Å². The molecule has 4 nitrogen and oxygen atoms in total. The molecule has 2 aromatic rings. The van der Waals surface area contributed by atoms with Gasteiger partial charge in [-0.3, -0.25) is 5.10 Å². The summed E-state index contributed by atoms with van der Waals surface area (Å²) in [5.41, 5.74) is 8.44. The van der Waals surface area contributed by atoms with Crippen molar-refractivity contribution in [1.29, 1.82) is 0 Å². The topological polar surface area (TPSA) is 67.6 Å². The van der Waals surface area contributed by atoms with Crippen LogP contribution in [0.25, 0.3) is 11.4 Å². The summed E-state index contributed by atoms with van der Waals surface area (Å²) in [6, 6.07) is 0. The Balaban J connectivity index is 2.22. The average molecular weight is 206 g/mol. The fourth-order valence-electron chi connectivity index (χ4n) is 2.01. The minimum absolute atomic E-state index is 0.807. The molecule has 0 aromatic carbocycles. The SMILES string of the molecule is Nc1sc2c(c1-c1ncn[nH]1)CCC2. The molecule has 0 unspecified atom stereocenters. The maximum atomic E-state index is 5.97. The predicted molar refractivity (Wildman–Crippen MR) is 56.1 cm³/mol. The molecular weight excluding hydrogens is 196 g/mol. The zero-order valence-corrected chi connectivity index (χ0v) is 8.40. The normalized spacial score (nSPS) is 14.6. The summed E-state index contributed by atoms with van der Waals surface area (Å²) in [4.78, 5) is 5.58. The molecule has 3 rings (SSSR count). The Morgan fingerprint density at radius 1 is 1.43 bits per heavy atom. The number of nitrogen functional groups attached to an aromatic ring is 1. The Bertz CT molecular complexity index is 457. The number of aryl methyl sites for hydroxylation is 1. The maximum Gasteiger partial charge on any atom is 0.158 e. The molecule has 5 heteroatoms. The number of aromatic nitrogens is 3. The summed E-state index contributed by atoms with van der Waals surface area (Å²) in [5, 5.41) is 7.60. The summed E-state index contributed by atoms with van der Waals surface area (Å²) in [6.45, 7) is 0. The summed E-state index contributed by atoms with van der Waals surface area (Å²) < 4.78 is 0. The van der Waals surface area contributed by atoms with E-state index in [-0.39, 0.29) is 0 Å². The molecule has 0 saturated carbocycles. The van der Waals surface area contributed by atoms with E-state index in [9.17, 15) is 0 Å². The highest BCUT2D eigenvalue weighted by atomic mass is 32.1. The van der Waals surface area contributed by atoms with Crippen LogP contribution in [0, 0.1) is 0 Å². The molecule has 0 saturated heterocycles. The van der Waals surface area contributed by atoms with Crippen LogP contribution < -0.4 is 5.73 Å². The van der Waals surface area contributed by atoms with Crippen LogP contribution >= 0.6 is 11.3 Å². The van der Waals surface area contributed by atoms with E-state index in [2.05, 4.69) is 15.2 Å². The first-order chi connectivity index (χ1) is 6.86. The van der Waals surface area contributed by atoms with Crippen LogP contribution in [0.3, 0.4) is 0 Å². The highest BCUT2D eigenvalue weighted by molar-refractivity contribution is 7.16. The zero-order chi connectivity index (χ0) is 9.54. The van der Waals surface area contributed by atoms with Crippen molar-refractivity contribution in [2.45, 2.75) is 19.3 Å². The predicted octanol–water partition coefficient (Wildman–Crippen LogP) is 1.60. The van der Waals surface area contributed by atoms with E-state index in [1.54, 1.807) is 11.3 Å². The number of fused-ring (bicyclic) bond motifs is 1. The molecule has 0 amide bonds. The van der Waals surface area contributed by atoms with Gasteiger partial charge in [-0.25, -0.2) is 4.98 Å². The number of anilines is 1. The first-order valence-corrected chi connectivity index (χ1v) is 5.43. The molecular formula is C9H10N4S. The number of hydrogen-bond donors (Lipinski definition) is 2. The van der Waals surface area contributed by atoms with Crippen LogP contribution in [0.4, 0.5) is 5.00 Å². The van der Waals surface area contributed by atoms with Gasteiger partial charge in [0.25, 0.3) is 0 Å². The summed E-state index contributed by atoms with van der Waals surface area (Å²) in [7, 11) is 0. The van der Waals surface area contributed by atoms with Gasteiger partial charge >= 0.3 is 0 Å². The van der Waals surface area contributed by atoms with E-state index < -0.39 is 0 Å². The number of nitrogens with zero attached hydrogens (tertiary/aromatic N) is 2. The Morgan fingerprint density at radius 2 is 2.36 bits per heavy atom. The molecule has 2 aromatic heterocycles. The second kappa shape index (κ2) is 2.81. The molecule has 3 N–H and O–H groups in total. The lowest BCUT2D eigenvalue weighted by molar-refractivity contribution is 0.914. The van der Waals surface area contributed by atoms with Crippen molar-refractivity contribution in [3.8, 4) is 11.4 Å². The van der Waals surface area contributed by atoms with E-state index in [1.807, 2.05) is 0 Å². The van der Waals surface area contributed by atoms with Crippen LogP contribution in [0.5, 0.6) is 0 Å². The minimum Gasteiger partial charge on any atom is -0.390 e. The lowest BCUT2D eigenvalue weighted by Crippen LogP contribution is -1.89. The molecule has 0 fully saturated rings. The first-order valence-electron chi connectivity index (χ1n) is 4.62. The molecule has 0 aliphatic heterocycles. The summed E-state index contributed by atoms with van der Waals surface area (Å²) in [5.74, 6) is 0.807. The molecule has 1 aliphatic rings. The van der Waals surface area contributed by atoms with Gasteiger partial charge in [0.2, 0.25) is 0 Å². The number of aromatic amines is 1. The van der Waals surface area contributed by atoms with Gasteiger partial charge < -0.3 is 5.73 Å². The second-order valence-corrected chi connectivity index (χ2v) is 4.57. The number of H-pyrrole nitrogens is 1. The Hall–Kier alpha value is -1.36. The maximum absolute atomic E-state index is 5.97. The summed E-state index contributed by atoms with van der Waals surface area (Å²) in [6.07, 6.45) is 5.05. The third-order valence-electron chi connectivity index (χ3n) is 2.60. The third-order valence-corrected chi connectivity index (χ3v) is 3.72. The molecule has 14 heavy (non-hydrogen) atoms. The van der Waals surface area contributed by atoms with Crippen molar-refractivity contribution < 1.29 is 0 Å². The number of rotatable bonds is 1. The fraction of sp³-hybridized carbons (Fsp3) is 0.333. The fourth-order valence-corrected chi connectivity index (χ4v) is 3.17. The smallest absolute Gasteiger partial charge is 0.158 e. The van der Waals surface area contributed by atoms with Crippen molar-refractivity contribution in [1.82, 2.24) is 15.2 Å². The number of thiophene rings is 1. The van der Waals surface area contributed by atoms with Crippen LogP contribution in [-0.4, -0.2) is 15.2 Å². The Labute approximate surface area is 85.2 Å². The number of nitrogens with two attached hydrogens (primary N) is 1. The van der Waals surface area contributed by atoms with E-state index in [0.29, 0.717) is 0 Å². The standard InChI is InChI=1S/C9H10N4S/c10-8-7(9-11-4-12-13-9)5-2-1-3-6(5)14-8/h4H,1-3,10H2,(H,11,12,13). The molecule has 0 bridgehead atoms. The quantitative estimate of drug-likeness (QED) is 0.744. The monoisotopic (exact) mass is 206 g/mol. The third kappa shape index (κ3) is 0.988. The van der Waals surface area contributed by atoms with E-state index in [0.717, 1.165) is 22.8 Å². The van der Waals surface area contributed by atoms with Gasteiger partial charge in [-0.2, -0.15) is 5.10 Å². The van der Waals surface area contributed by atoms with Gasteiger partial charge in [0, 0.05) is 4.88 Å². The number of hydrogen-bond acceptors (Lipinski definition) is 4. The van der Waals surface area contributed by atoms with Crippen LogP contribution in [0.1, 0.15) is 16.9 Å². The Morgan fingerprint density at radius 3 is 3.14 bits per heavy atom. The van der Waals surface area contributed by atoms with Gasteiger partial charge in [0.1, 0.15) is 6.33 Å². The zero-order valence-electron chi connectivity index (χ0n) is 7.58. The van der Waals surface area contributed by atoms with E-state index in [1.165, 1.54) is 29.6 Å². The average Bonchev–Trinajstić information content (AvgIpc) is 2.78. The van der Waals surface area contributed by atoms with Crippen molar-refractivity contribution in [3.63, 3.8) is 0 Å². The lowest BCUT2D eigenvalue weighted by atomic mass is 10.1. The van der Waals surface area contributed by atoms with E-state index in [4.69, 9.17) is 5.73 Å². The minimum atomic E-state index is 0.807. The molecule has 72 valence electrons. The van der Waals surface area contributed by atoms with Gasteiger partial charge in [-0.1, -0.05) is 0 Å². The van der Waals surface area contributed by atoms with E-state index >= 15 is 0 Å². The van der Waals surface area contributed by atoms with Crippen molar-refractivity contribution in [2.24, 2.45) is 0 Å². The molecule has 0 atom stereocenters. The van der Waals surface area contributed by atoms with Gasteiger partial charge in [0.15, 0.2) is 5.82 Å². The van der Waals surface area contributed by atoms with Crippen molar-refractivity contribution in [2.75, 3.05) is 5.73 Å². The van der Waals surface area contributed by atoms with Gasteiger partial charge in [0.05, 0.1) is 10.6 Å². The van der Waals surface area contributed by atoms with Crippen LogP contribution in [0.15, 0.2) is 6.33 Å². The molecule has 0 radical (unpaired) electrons. The van der Waals surface area contributed by atoms with Crippen molar-refractivity contribution >= 4 is 16.3 Å². The number of nitrogens with one attached hydrogen (secondary N) is 1. The van der Waals surface area contributed by atoms with Crippen molar-refractivity contribution in [3.05, 3.63) is 16.8 Å². The molecule has 2 heterocycles. The van der Waals surface area contributed by atoms with Crippen LogP contribution in [-0.2, 0) is 12.8 Å². The highest BCUT2D eigenvalue weighted by Gasteiger charge is 2.22. The first kappa shape index (κ1) is 7.99. The van der Waals surface area contributed by atoms with Crippen LogP contribution in [0.2, 0.25) is 0 Å². The molecule has 0 spiro atoms. The largest absolute Gasteiger partial charge is 0.390 e. The summed E-state index contributed by atoms with van der Waals surface area (Å²) >= 11 is 1.69. The van der Waals surface area contributed by atoms with Gasteiger partial charge in [-0.15, -0.1) is 11.3 Å². The lowest BCUT2D eigenvalue weighted by Gasteiger charge is -1.97. The highest BCUT2D eigenvalue weighted by Crippen LogP contribution is 2.41. The Kier molecular flexibility index (Phi) is 1.61. The molecule has 1 aliphatic carbocycles.